The summed E-state index contributed by atoms with van der Waals surface area (Å²) < 4.78 is 0. The Morgan fingerprint density at radius 2 is 1.68 bits per heavy atom. The zero-order chi connectivity index (χ0) is 20.3. The number of carbonyl (C=O) groups excluding carboxylic acids is 3. The second-order valence-electron chi connectivity index (χ2n) is 7.35. The second kappa shape index (κ2) is 8.67. The van der Waals surface area contributed by atoms with Gasteiger partial charge in [-0.2, -0.15) is 0 Å². The number of thiophene rings is 1. The molecular weight excluding hydrogens is 374 g/mol. The van der Waals surface area contributed by atoms with E-state index in [9.17, 15) is 14.4 Å². The van der Waals surface area contributed by atoms with E-state index < -0.39 is 17.8 Å². The molecule has 1 aliphatic rings. The fraction of sp³-hybridized carbons (Fsp3) is 0.381. The fourth-order valence-corrected chi connectivity index (χ4v) is 3.86. The number of amides is 4. The lowest BCUT2D eigenvalue weighted by atomic mass is 10.0. The molecule has 0 bridgehead atoms. The average molecular weight is 400 g/mol. The van der Waals surface area contributed by atoms with E-state index in [0.717, 1.165) is 20.2 Å². The molecule has 1 aromatic heterocycles. The van der Waals surface area contributed by atoms with E-state index in [1.54, 1.807) is 11.3 Å². The van der Waals surface area contributed by atoms with Crippen LogP contribution in [0.1, 0.15) is 35.8 Å². The summed E-state index contributed by atoms with van der Waals surface area (Å²) in [6.07, 6.45) is 0.564. The predicted octanol–water partition coefficient (Wildman–Crippen LogP) is 3.29. The number of carbonyl (C=O) groups is 3. The van der Waals surface area contributed by atoms with Gasteiger partial charge in [-0.25, -0.2) is 9.69 Å². The maximum Gasteiger partial charge on any atom is 0.335 e. The van der Waals surface area contributed by atoms with E-state index in [1.807, 2.05) is 29.5 Å². The quantitative estimate of drug-likeness (QED) is 0.505. The zero-order valence-corrected chi connectivity index (χ0v) is 17.2. The van der Waals surface area contributed by atoms with Gasteiger partial charge in [0.15, 0.2) is 0 Å². The molecule has 2 aromatic rings. The Bertz CT molecular complexity index is 846. The number of imide groups is 2. The SMILES string of the molecule is CC(C)c1ccc(CN(C)CN2C(=O)C(=O)N(CCc3cccs3)C2=O)cc1. The highest BCUT2D eigenvalue weighted by Crippen LogP contribution is 2.18. The highest BCUT2D eigenvalue weighted by Gasteiger charge is 2.44. The van der Waals surface area contributed by atoms with E-state index >= 15 is 0 Å². The van der Waals surface area contributed by atoms with Crippen molar-refractivity contribution in [3.05, 3.63) is 57.8 Å². The molecule has 0 atom stereocenters. The maximum absolute atomic E-state index is 12.6. The average Bonchev–Trinajstić information content (AvgIpc) is 3.25. The van der Waals surface area contributed by atoms with Crippen molar-refractivity contribution >= 4 is 29.2 Å². The Hall–Kier alpha value is -2.51. The number of nitrogens with zero attached hydrogens (tertiary/aromatic N) is 3. The van der Waals surface area contributed by atoms with Crippen molar-refractivity contribution in [2.24, 2.45) is 0 Å². The first-order valence-corrected chi connectivity index (χ1v) is 10.2. The maximum atomic E-state index is 12.6. The van der Waals surface area contributed by atoms with Crippen molar-refractivity contribution in [2.45, 2.75) is 32.7 Å². The van der Waals surface area contributed by atoms with Crippen molar-refractivity contribution in [1.29, 1.82) is 0 Å². The molecule has 0 radical (unpaired) electrons. The summed E-state index contributed by atoms with van der Waals surface area (Å²) in [5, 5.41) is 1.95. The van der Waals surface area contributed by atoms with Gasteiger partial charge in [0.25, 0.3) is 0 Å². The lowest BCUT2D eigenvalue weighted by Gasteiger charge is -2.22. The number of hydrogen-bond acceptors (Lipinski definition) is 5. The molecule has 4 amide bonds. The molecule has 1 saturated heterocycles. The van der Waals surface area contributed by atoms with Gasteiger partial charge in [0.1, 0.15) is 0 Å². The summed E-state index contributed by atoms with van der Waals surface area (Å²) in [4.78, 5) is 42.1. The van der Waals surface area contributed by atoms with Gasteiger partial charge in [-0.3, -0.25) is 19.4 Å². The summed E-state index contributed by atoms with van der Waals surface area (Å²) in [7, 11) is 1.83. The minimum absolute atomic E-state index is 0.0881. The van der Waals surface area contributed by atoms with Gasteiger partial charge in [0, 0.05) is 24.4 Å². The van der Waals surface area contributed by atoms with Crippen molar-refractivity contribution in [1.82, 2.24) is 14.7 Å². The van der Waals surface area contributed by atoms with Crippen molar-refractivity contribution in [2.75, 3.05) is 20.3 Å². The zero-order valence-electron chi connectivity index (χ0n) is 16.4. The smallest absolute Gasteiger partial charge is 0.284 e. The Morgan fingerprint density at radius 3 is 2.29 bits per heavy atom. The van der Waals surface area contributed by atoms with Crippen LogP contribution in [0.3, 0.4) is 0 Å². The van der Waals surface area contributed by atoms with Crippen LogP contribution in [0.15, 0.2) is 41.8 Å². The number of hydrogen-bond donors (Lipinski definition) is 0. The monoisotopic (exact) mass is 399 g/mol. The Morgan fingerprint density at radius 1 is 1.00 bits per heavy atom. The molecule has 0 saturated carbocycles. The standard InChI is InChI=1S/C21H25N3O3S/c1-15(2)17-8-6-16(7-9-17)13-22(3)14-24-20(26)19(25)23(21(24)27)11-10-18-5-4-12-28-18/h4-9,12,15H,10-11,13-14H2,1-3H3. The van der Waals surface area contributed by atoms with Gasteiger partial charge < -0.3 is 0 Å². The third-order valence-corrected chi connectivity index (χ3v) is 5.71. The van der Waals surface area contributed by atoms with Crippen molar-refractivity contribution < 1.29 is 14.4 Å². The molecule has 1 aromatic carbocycles. The summed E-state index contributed by atoms with van der Waals surface area (Å²) in [6, 6.07) is 11.6. The summed E-state index contributed by atoms with van der Waals surface area (Å²) in [5.41, 5.74) is 2.36. The van der Waals surface area contributed by atoms with Crippen molar-refractivity contribution in [3.8, 4) is 0 Å². The van der Waals surface area contributed by atoms with Crippen LogP contribution in [-0.4, -0.2) is 52.8 Å². The van der Waals surface area contributed by atoms with Gasteiger partial charge >= 0.3 is 17.8 Å². The normalized spacial score (nSPS) is 14.8. The molecule has 0 spiro atoms. The van der Waals surface area contributed by atoms with Crippen LogP contribution >= 0.6 is 11.3 Å². The van der Waals surface area contributed by atoms with Gasteiger partial charge in [0.05, 0.1) is 6.67 Å². The van der Waals surface area contributed by atoms with Crippen molar-refractivity contribution in [3.63, 3.8) is 0 Å². The molecular formula is C21H25N3O3S. The van der Waals surface area contributed by atoms with Gasteiger partial charge in [-0.15, -0.1) is 11.3 Å². The first kappa shape index (κ1) is 20.2. The van der Waals surface area contributed by atoms with Crippen LogP contribution < -0.4 is 0 Å². The van der Waals surface area contributed by atoms with Crippen LogP contribution in [-0.2, 0) is 22.6 Å². The molecule has 0 N–H and O–H groups in total. The molecule has 7 heteroatoms. The topological polar surface area (TPSA) is 60.9 Å². The summed E-state index contributed by atoms with van der Waals surface area (Å²) >= 11 is 1.57. The molecule has 28 heavy (non-hydrogen) atoms. The third kappa shape index (κ3) is 4.48. The first-order chi connectivity index (χ1) is 13.4. The number of rotatable bonds is 8. The molecule has 3 rings (SSSR count). The van der Waals surface area contributed by atoms with E-state index in [-0.39, 0.29) is 13.2 Å². The van der Waals surface area contributed by atoms with Gasteiger partial charge in [-0.1, -0.05) is 44.2 Å². The largest absolute Gasteiger partial charge is 0.335 e. The molecule has 1 aliphatic heterocycles. The lowest BCUT2D eigenvalue weighted by Crippen LogP contribution is -2.40. The summed E-state index contributed by atoms with van der Waals surface area (Å²) in [5.74, 6) is -1.02. The van der Waals surface area contributed by atoms with Crippen LogP contribution in [0, 0.1) is 0 Å². The molecule has 2 heterocycles. The van der Waals surface area contributed by atoms with E-state index in [4.69, 9.17) is 0 Å². The van der Waals surface area contributed by atoms with E-state index in [0.29, 0.717) is 18.9 Å². The predicted molar refractivity (Wildman–Crippen MR) is 109 cm³/mol. The number of urea groups is 1. The number of benzene rings is 1. The van der Waals surface area contributed by atoms with E-state index in [2.05, 4.69) is 38.1 Å². The first-order valence-electron chi connectivity index (χ1n) is 9.34. The molecule has 1 fully saturated rings. The highest BCUT2D eigenvalue weighted by atomic mass is 32.1. The Balaban J connectivity index is 1.58. The molecule has 6 nitrogen and oxygen atoms in total. The highest BCUT2D eigenvalue weighted by molar-refractivity contribution is 7.09. The fourth-order valence-electron chi connectivity index (χ4n) is 3.16. The third-order valence-electron chi connectivity index (χ3n) is 4.78. The van der Waals surface area contributed by atoms with Crippen LogP contribution in [0.5, 0.6) is 0 Å². The molecule has 0 unspecified atom stereocenters. The minimum atomic E-state index is -0.752. The lowest BCUT2D eigenvalue weighted by molar-refractivity contribution is -0.143. The van der Waals surface area contributed by atoms with Crippen LogP contribution in [0.2, 0.25) is 0 Å². The van der Waals surface area contributed by atoms with Crippen LogP contribution in [0.4, 0.5) is 4.79 Å². The minimum Gasteiger partial charge on any atom is -0.284 e. The Kier molecular flexibility index (Phi) is 6.26. The molecule has 148 valence electrons. The van der Waals surface area contributed by atoms with Gasteiger partial charge in [-0.05, 0) is 35.5 Å². The van der Waals surface area contributed by atoms with E-state index in [1.165, 1.54) is 5.56 Å². The molecule has 0 aliphatic carbocycles. The summed E-state index contributed by atoms with van der Waals surface area (Å²) in [6.45, 7) is 5.18. The van der Waals surface area contributed by atoms with Crippen LogP contribution in [0.25, 0.3) is 0 Å². The van der Waals surface area contributed by atoms with Gasteiger partial charge in [0.2, 0.25) is 0 Å². The second-order valence-corrected chi connectivity index (χ2v) is 8.39. The Labute approximate surface area is 169 Å².